The summed E-state index contributed by atoms with van der Waals surface area (Å²) >= 11 is 0. The van der Waals surface area contributed by atoms with E-state index in [0.29, 0.717) is 44.2 Å². The van der Waals surface area contributed by atoms with E-state index in [2.05, 4.69) is 4.90 Å². The highest BCUT2D eigenvalue weighted by Crippen LogP contribution is 2.39. The summed E-state index contributed by atoms with van der Waals surface area (Å²) in [6, 6.07) is 15.7. The number of Topliss-reactive ketones (excluding diaryl/α,β-unsaturated/α-hetero) is 1. The molecule has 2 heterocycles. The van der Waals surface area contributed by atoms with Gasteiger partial charge in [-0.1, -0.05) is 37.3 Å². The Hall–Kier alpha value is -3.16. The first kappa shape index (κ1) is 23.0. The second-order valence-corrected chi connectivity index (χ2v) is 8.23. The molecule has 0 aliphatic carbocycles. The summed E-state index contributed by atoms with van der Waals surface area (Å²) < 4.78 is 11.0. The first-order valence-corrected chi connectivity index (χ1v) is 11.5. The fourth-order valence-corrected chi connectivity index (χ4v) is 4.25. The maximum absolute atomic E-state index is 13.1. The first-order valence-electron chi connectivity index (χ1n) is 11.5. The smallest absolute Gasteiger partial charge is 0.295 e. The van der Waals surface area contributed by atoms with E-state index >= 15 is 0 Å². The number of likely N-dealkylation sites (tertiary alicyclic amines) is 1. The minimum absolute atomic E-state index is 0.121. The van der Waals surface area contributed by atoms with Crippen molar-refractivity contribution in [3.05, 3.63) is 71.3 Å². The van der Waals surface area contributed by atoms with Gasteiger partial charge in [-0.15, -0.1) is 0 Å². The third-order valence-electron chi connectivity index (χ3n) is 6.02. The molecule has 0 aromatic heterocycles. The maximum atomic E-state index is 13.1. The van der Waals surface area contributed by atoms with Gasteiger partial charge in [-0.05, 0) is 36.2 Å². The average Bonchev–Trinajstić information content (AvgIpc) is 3.12. The molecule has 2 aliphatic rings. The van der Waals surface area contributed by atoms with Crippen LogP contribution in [-0.2, 0) is 14.3 Å². The van der Waals surface area contributed by atoms with Gasteiger partial charge in [-0.25, -0.2) is 0 Å². The Labute approximate surface area is 194 Å². The Morgan fingerprint density at radius 1 is 1.03 bits per heavy atom. The van der Waals surface area contributed by atoms with Gasteiger partial charge in [-0.3, -0.25) is 14.5 Å². The van der Waals surface area contributed by atoms with E-state index in [1.807, 2.05) is 37.3 Å². The molecule has 174 valence electrons. The van der Waals surface area contributed by atoms with Gasteiger partial charge in [0.2, 0.25) is 0 Å². The van der Waals surface area contributed by atoms with Gasteiger partial charge in [0.25, 0.3) is 11.7 Å². The topological polar surface area (TPSA) is 79.3 Å². The molecule has 1 amide bonds. The van der Waals surface area contributed by atoms with Crippen molar-refractivity contribution in [3.63, 3.8) is 0 Å². The fourth-order valence-electron chi connectivity index (χ4n) is 4.25. The van der Waals surface area contributed by atoms with E-state index in [1.54, 1.807) is 29.2 Å². The number of rotatable bonds is 8. The standard InChI is InChI=1S/C26H30N2O5/c1-2-16-33-21-10-8-20(9-11-21)24(29)22-23(19-6-4-3-5-7-19)28(26(31)25(22)30)13-12-27-14-17-32-18-15-27/h3-11,23,29H,2,12-18H2,1H3/b24-22+/t23-/m1/s1. The number of nitrogens with zero attached hydrogens (tertiary/aromatic N) is 2. The van der Waals surface area contributed by atoms with Crippen LogP contribution in [0.25, 0.3) is 5.76 Å². The van der Waals surface area contributed by atoms with E-state index in [0.717, 1.165) is 25.1 Å². The monoisotopic (exact) mass is 450 g/mol. The van der Waals surface area contributed by atoms with Gasteiger partial charge >= 0.3 is 0 Å². The van der Waals surface area contributed by atoms with Crippen molar-refractivity contribution in [1.29, 1.82) is 0 Å². The number of benzene rings is 2. The highest BCUT2D eigenvalue weighted by atomic mass is 16.5. The van der Waals surface area contributed by atoms with Crippen molar-refractivity contribution in [2.45, 2.75) is 19.4 Å². The summed E-state index contributed by atoms with van der Waals surface area (Å²) in [5.74, 6) is -0.715. The molecule has 2 fully saturated rings. The second-order valence-electron chi connectivity index (χ2n) is 8.23. The van der Waals surface area contributed by atoms with Gasteiger partial charge in [0.1, 0.15) is 11.5 Å². The van der Waals surface area contributed by atoms with Crippen LogP contribution in [0.5, 0.6) is 5.75 Å². The highest BCUT2D eigenvalue weighted by Gasteiger charge is 2.45. The summed E-state index contributed by atoms with van der Waals surface area (Å²) in [5, 5.41) is 11.2. The van der Waals surface area contributed by atoms with Crippen LogP contribution < -0.4 is 4.74 Å². The molecule has 4 rings (SSSR count). The van der Waals surface area contributed by atoms with Crippen molar-refractivity contribution < 1.29 is 24.2 Å². The van der Waals surface area contributed by atoms with E-state index in [1.165, 1.54) is 0 Å². The number of aliphatic hydroxyl groups is 1. The first-order chi connectivity index (χ1) is 16.1. The van der Waals surface area contributed by atoms with Crippen molar-refractivity contribution in [2.24, 2.45) is 0 Å². The third-order valence-corrected chi connectivity index (χ3v) is 6.02. The minimum Gasteiger partial charge on any atom is -0.507 e. The van der Waals surface area contributed by atoms with Crippen molar-refractivity contribution in [1.82, 2.24) is 9.80 Å². The molecule has 2 aromatic carbocycles. The summed E-state index contributed by atoms with van der Waals surface area (Å²) in [6.07, 6.45) is 0.896. The number of hydrogen-bond acceptors (Lipinski definition) is 6. The van der Waals surface area contributed by atoms with Crippen LogP contribution >= 0.6 is 0 Å². The lowest BCUT2D eigenvalue weighted by Crippen LogP contribution is -2.42. The van der Waals surface area contributed by atoms with Gasteiger partial charge in [0.05, 0.1) is 31.4 Å². The van der Waals surface area contributed by atoms with Gasteiger partial charge in [-0.2, -0.15) is 0 Å². The van der Waals surface area contributed by atoms with Crippen LogP contribution in [0.3, 0.4) is 0 Å². The number of carbonyl (C=O) groups is 2. The average molecular weight is 451 g/mol. The van der Waals surface area contributed by atoms with Crippen LogP contribution in [0.1, 0.15) is 30.5 Å². The van der Waals surface area contributed by atoms with E-state index < -0.39 is 17.7 Å². The molecular weight excluding hydrogens is 420 g/mol. The summed E-state index contributed by atoms with van der Waals surface area (Å²) in [5.41, 5.74) is 1.39. The molecule has 7 nitrogen and oxygen atoms in total. The van der Waals surface area contributed by atoms with E-state index in [-0.39, 0.29) is 11.3 Å². The number of morpholine rings is 1. The lowest BCUT2D eigenvalue weighted by atomic mass is 9.95. The van der Waals surface area contributed by atoms with Crippen molar-refractivity contribution in [2.75, 3.05) is 46.0 Å². The minimum atomic E-state index is -0.658. The Morgan fingerprint density at radius 2 is 1.73 bits per heavy atom. The van der Waals surface area contributed by atoms with E-state index in [9.17, 15) is 14.7 Å². The zero-order chi connectivity index (χ0) is 23.2. The quantitative estimate of drug-likeness (QED) is 0.378. The third kappa shape index (κ3) is 5.10. The Kier molecular flexibility index (Phi) is 7.42. The summed E-state index contributed by atoms with van der Waals surface area (Å²) in [4.78, 5) is 30.0. The maximum Gasteiger partial charge on any atom is 0.295 e. The van der Waals surface area contributed by atoms with Crippen LogP contribution in [-0.4, -0.2) is 72.6 Å². The number of aliphatic hydroxyl groups excluding tert-OH is 1. The molecule has 33 heavy (non-hydrogen) atoms. The molecule has 0 unspecified atom stereocenters. The van der Waals surface area contributed by atoms with Crippen LogP contribution in [0, 0.1) is 0 Å². The normalized spacial score (nSPS) is 20.9. The molecule has 0 spiro atoms. The number of hydrogen-bond donors (Lipinski definition) is 1. The SMILES string of the molecule is CCCOc1ccc(/C(O)=C2\C(=O)C(=O)N(CCN3CCOCC3)[C@@H]2c2ccccc2)cc1. The number of ketones is 1. The molecular formula is C26H30N2O5. The predicted octanol–water partition coefficient (Wildman–Crippen LogP) is 3.23. The number of ether oxygens (including phenoxy) is 2. The molecule has 1 N–H and O–H groups in total. The fraction of sp³-hybridized carbons (Fsp3) is 0.385. The molecule has 2 aromatic rings. The Bertz CT molecular complexity index is 997. The molecule has 0 saturated carbocycles. The summed E-state index contributed by atoms with van der Waals surface area (Å²) in [6.45, 7) is 6.60. The second kappa shape index (κ2) is 10.6. The number of carbonyl (C=O) groups excluding carboxylic acids is 2. The lowest BCUT2D eigenvalue weighted by molar-refractivity contribution is -0.140. The molecule has 2 saturated heterocycles. The van der Waals surface area contributed by atoms with Crippen LogP contribution in [0.15, 0.2) is 60.2 Å². The number of amides is 1. The zero-order valence-corrected chi connectivity index (χ0v) is 18.9. The predicted molar refractivity (Wildman–Crippen MR) is 125 cm³/mol. The van der Waals surface area contributed by atoms with Crippen molar-refractivity contribution in [3.8, 4) is 5.75 Å². The van der Waals surface area contributed by atoms with Crippen molar-refractivity contribution >= 4 is 17.4 Å². The zero-order valence-electron chi connectivity index (χ0n) is 18.9. The molecule has 1 atom stereocenters. The van der Waals surface area contributed by atoms with Crippen LogP contribution in [0.2, 0.25) is 0 Å². The summed E-state index contributed by atoms with van der Waals surface area (Å²) in [7, 11) is 0. The van der Waals surface area contributed by atoms with Gasteiger partial charge in [0, 0.05) is 31.7 Å². The Balaban J connectivity index is 1.66. The van der Waals surface area contributed by atoms with E-state index in [4.69, 9.17) is 9.47 Å². The molecule has 2 aliphatic heterocycles. The Morgan fingerprint density at radius 3 is 2.39 bits per heavy atom. The van der Waals surface area contributed by atoms with Gasteiger partial charge in [0.15, 0.2) is 0 Å². The molecule has 0 radical (unpaired) electrons. The molecule has 7 heteroatoms. The highest BCUT2D eigenvalue weighted by molar-refractivity contribution is 6.46. The van der Waals surface area contributed by atoms with Crippen LogP contribution in [0.4, 0.5) is 0 Å². The molecule has 0 bridgehead atoms. The largest absolute Gasteiger partial charge is 0.507 e. The van der Waals surface area contributed by atoms with Gasteiger partial charge < -0.3 is 19.5 Å². The lowest BCUT2D eigenvalue weighted by Gasteiger charge is -2.31.